The van der Waals surface area contributed by atoms with Gasteiger partial charge < -0.3 is 14.6 Å². The van der Waals surface area contributed by atoms with Crippen molar-refractivity contribution in [3.63, 3.8) is 0 Å². The smallest absolute Gasteiger partial charge is 0.337 e. The number of nitrogens with one attached hydrogen (secondary N) is 1. The molecule has 0 spiro atoms. The monoisotopic (exact) mass is 371 g/mol. The lowest BCUT2D eigenvalue weighted by molar-refractivity contribution is 0.0600. The summed E-state index contributed by atoms with van der Waals surface area (Å²) in [5.41, 5.74) is 1.77. The highest BCUT2D eigenvalue weighted by atomic mass is 32.1. The maximum Gasteiger partial charge on any atom is 0.337 e. The van der Waals surface area contributed by atoms with Gasteiger partial charge in [-0.15, -0.1) is 11.3 Å². The summed E-state index contributed by atoms with van der Waals surface area (Å²) in [6.07, 6.45) is 1.45. The summed E-state index contributed by atoms with van der Waals surface area (Å²) in [4.78, 5) is 41.4. The van der Waals surface area contributed by atoms with E-state index in [4.69, 9.17) is 0 Å². The van der Waals surface area contributed by atoms with Crippen LogP contribution in [-0.2, 0) is 18.3 Å². The largest absolute Gasteiger partial charge is 0.465 e. The number of benzene rings is 1. The zero-order chi connectivity index (χ0) is 18.8. The molecular formula is C18H17N3O4S. The highest BCUT2D eigenvalue weighted by molar-refractivity contribution is 7.20. The summed E-state index contributed by atoms with van der Waals surface area (Å²) >= 11 is 1.20. The summed E-state index contributed by atoms with van der Waals surface area (Å²) in [7, 11) is 2.95. The van der Waals surface area contributed by atoms with E-state index in [-0.39, 0.29) is 11.5 Å². The van der Waals surface area contributed by atoms with Crippen molar-refractivity contribution < 1.29 is 14.3 Å². The molecule has 0 fully saturated rings. The van der Waals surface area contributed by atoms with Crippen molar-refractivity contribution in [2.75, 3.05) is 7.11 Å². The minimum absolute atomic E-state index is 0.166. The molecule has 1 aromatic carbocycles. The van der Waals surface area contributed by atoms with Crippen molar-refractivity contribution in [1.82, 2.24) is 14.9 Å². The van der Waals surface area contributed by atoms with Gasteiger partial charge in [-0.3, -0.25) is 9.59 Å². The molecule has 3 aromatic rings. The van der Waals surface area contributed by atoms with Gasteiger partial charge in [-0.25, -0.2) is 9.78 Å². The van der Waals surface area contributed by atoms with Gasteiger partial charge in [0.25, 0.3) is 11.5 Å². The highest BCUT2D eigenvalue weighted by Gasteiger charge is 2.18. The van der Waals surface area contributed by atoms with Crippen molar-refractivity contribution in [2.24, 2.45) is 7.05 Å². The van der Waals surface area contributed by atoms with Crippen LogP contribution < -0.4 is 10.9 Å². The van der Waals surface area contributed by atoms with Gasteiger partial charge in [0.15, 0.2) is 0 Å². The van der Waals surface area contributed by atoms with Gasteiger partial charge >= 0.3 is 5.97 Å². The molecule has 0 unspecified atom stereocenters. The Kier molecular flexibility index (Phi) is 4.85. The number of carbonyl (C=O) groups is 2. The van der Waals surface area contributed by atoms with Crippen LogP contribution in [0, 0.1) is 6.92 Å². The molecule has 8 heteroatoms. The summed E-state index contributed by atoms with van der Waals surface area (Å²) in [6, 6.07) is 6.79. The molecule has 0 atom stereocenters. The number of thiophene rings is 1. The van der Waals surface area contributed by atoms with E-state index in [1.807, 2.05) is 0 Å². The second-order valence-corrected chi connectivity index (χ2v) is 6.77. The van der Waals surface area contributed by atoms with Crippen LogP contribution in [-0.4, -0.2) is 28.5 Å². The van der Waals surface area contributed by atoms with Gasteiger partial charge in [-0.1, -0.05) is 12.1 Å². The molecule has 134 valence electrons. The second kappa shape index (κ2) is 7.09. The third kappa shape index (κ3) is 3.23. The summed E-state index contributed by atoms with van der Waals surface area (Å²) in [5.74, 6) is -0.667. The molecule has 0 aliphatic heterocycles. The van der Waals surface area contributed by atoms with E-state index in [0.717, 1.165) is 5.56 Å². The molecule has 0 saturated carbocycles. The predicted molar refractivity (Wildman–Crippen MR) is 98.5 cm³/mol. The first kappa shape index (κ1) is 17.8. The first-order valence-electron chi connectivity index (χ1n) is 7.82. The number of ether oxygens (including phenoxy) is 1. The normalized spacial score (nSPS) is 10.7. The fraction of sp³-hybridized carbons (Fsp3) is 0.222. The minimum atomic E-state index is -0.407. The Bertz CT molecular complexity index is 1050. The number of aromatic nitrogens is 2. The Labute approximate surface area is 153 Å². The Hall–Kier alpha value is -3.00. The maximum atomic E-state index is 12.5. The van der Waals surface area contributed by atoms with Crippen molar-refractivity contribution in [1.29, 1.82) is 0 Å². The van der Waals surface area contributed by atoms with Crippen LogP contribution in [0.4, 0.5) is 0 Å². The molecule has 7 nitrogen and oxygen atoms in total. The van der Waals surface area contributed by atoms with Crippen LogP contribution in [0.3, 0.4) is 0 Å². The first-order chi connectivity index (χ1) is 12.4. The fourth-order valence-corrected chi connectivity index (χ4v) is 3.62. The van der Waals surface area contributed by atoms with E-state index in [1.165, 1.54) is 29.3 Å². The Balaban J connectivity index is 1.77. The molecule has 1 N–H and O–H groups in total. The number of fused-ring (bicyclic) bond motifs is 1. The lowest BCUT2D eigenvalue weighted by atomic mass is 10.1. The van der Waals surface area contributed by atoms with Crippen LogP contribution in [0.1, 0.15) is 31.2 Å². The molecule has 2 heterocycles. The molecule has 26 heavy (non-hydrogen) atoms. The third-order valence-corrected chi connectivity index (χ3v) is 5.24. The Morgan fingerprint density at radius 2 is 1.96 bits per heavy atom. The SMILES string of the molecule is COC(=O)c1ccc(CNC(=O)c2sc3ncn(C)c(=O)c3c2C)cc1. The van der Waals surface area contributed by atoms with E-state index in [1.54, 1.807) is 38.2 Å². The van der Waals surface area contributed by atoms with Crippen LogP contribution in [0.15, 0.2) is 35.4 Å². The van der Waals surface area contributed by atoms with Gasteiger partial charge in [0.2, 0.25) is 0 Å². The number of carbonyl (C=O) groups excluding carboxylic acids is 2. The molecule has 0 aliphatic carbocycles. The van der Waals surface area contributed by atoms with Crippen molar-refractivity contribution >= 4 is 33.4 Å². The topological polar surface area (TPSA) is 90.3 Å². The number of amides is 1. The lowest BCUT2D eigenvalue weighted by Crippen LogP contribution is -2.23. The van der Waals surface area contributed by atoms with Gasteiger partial charge in [0.1, 0.15) is 4.83 Å². The average molecular weight is 371 g/mol. The fourth-order valence-electron chi connectivity index (χ4n) is 2.56. The van der Waals surface area contributed by atoms with Crippen LogP contribution >= 0.6 is 11.3 Å². The van der Waals surface area contributed by atoms with Crippen molar-refractivity contribution in [2.45, 2.75) is 13.5 Å². The average Bonchev–Trinajstić information content (AvgIpc) is 3.00. The standard InChI is InChI=1S/C18H17N3O4S/c1-10-13-16(20-9-21(2)17(13)23)26-14(10)15(22)19-8-11-4-6-12(7-5-11)18(24)25-3/h4-7,9H,8H2,1-3H3,(H,19,22). The molecule has 1 amide bonds. The number of esters is 1. The van der Waals surface area contributed by atoms with E-state index in [0.29, 0.717) is 32.8 Å². The number of rotatable bonds is 4. The predicted octanol–water partition coefficient (Wildman–Crippen LogP) is 2.02. The van der Waals surface area contributed by atoms with Crippen LogP contribution in [0.2, 0.25) is 0 Å². The molecule has 0 bridgehead atoms. The van der Waals surface area contributed by atoms with Gasteiger partial charge in [0.05, 0.1) is 29.3 Å². The number of hydrogen-bond acceptors (Lipinski definition) is 6. The zero-order valence-corrected chi connectivity index (χ0v) is 15.3. The second-order valence-electron chi connectivity index (χ2n) is 5.77. The molecule has 0 aliphatic rings. The summed E-state index contributed by atoms with van der Waals surface area (Å²) < 4.78 is 6.05. The zero-order valence-electron chi connectivity index (χ0n) is 14.5. The quantitative estimate of drug-likeness (QED) is 0.709. The Morgan fingerprint density at radius 1 is 1.27 bits per heavy atom. The number of hydrogen-bond donors (Lipinski definition) is 1. The van der Waals surface area contributed by atoms with E-state index in [2.05, 4.69) is 15.0 Å². The maximum absolute atomic E-state index is 12.5. The van der Waals surface area contributed by atoms with Gasteiger partial charge in [0, 0.05) is 13.6 Å². The highest BCUT2D eigenvalue weighted by Crippen LogP contribution is 2.26. The van der Waals surface area contributed by atoms with Crippen LogP contribution in [0.25, 0.3) is 10.2 Å². The van der Waals surface area contributed by atoms with E-state index < -0.39 is 5.97 Å². The Morgan fingerprint density at radius 3 is 2.62 bits per heavy atom. The van der Waals surface area contributed by atoms with E-state index in [9.17, 15) is 14.4 Å². The first-order valence-corrected chi connectivity index (χ1v) is 8.64. The number of aryl methyl sites for hydroxylation is 2. The molecule has 0 saturated heterocycles. The molecular weight excluding hydrogens is 354 g/mol. The van der Waals surface area contributed by atoms with Gasteiger partial charge in [-0.2, -0.15) is 0 Å². The number of methoxy groups -OCH3 is 1. The van der Waals surface area contributed by atoms with Gasteiger partial charge in [-0.05, 0) is 30.2 Å². The van der Waals surface area contributed by atoms with E-state index >= 15 is 0 Å². The molecule has 3 rings (SSSR count). The lowest BCUT2D eigenvalue weighted by Gasteiger charge is -2.06. The third-order valence-electron chi connectivity index (χ3n) is 4.04. The van der Waals surface area contributed by atoms with Crippen molar-refractivity contribution in [3.05, 3.63) is 62.5 Å². The summed E-state index contributed by atoms with van der Waals surface area (Å²) in [6.45, 7) is 2.06. The molecule has 0 radical (unpaired) electrons. The number of nitrogens with zero attached hydrogens (tertiary/aromatic N) is 2. The van der Waals surface area contributed by atoms with Crippen LogP contribution in [0.5, 0.6) is 0 Å². The molecule has 2 aromatic heterocycles. The summed E-state index contributed by atoms with van der Waals surface area (Å²) in [5, 5.41) is 3.31. The van der Waals surface area contributed by atoms with Crippen molar-refractivity contribution in [3.8, 4) is 0 Å². The minimum Gasteiger partial charge on any atom is -0.465 e.